The van der Waals surface area contributed by atoms with Gasteiger partial charge in [0.2, 0.25) is 6.39 Å². The molecule has 1 aromatic heterocycles. The monoisotopic (exact) mass is 245 g/mol. The third kappa shape index (κ3) is 3.40. The topological polar surface area (TPSA) is 51.0 Å². The summed E-state index contributed by atoms with van der Waals surface area (Å²) in [6, 6.07) is 10.9. The van der Waals surface area contributed by atoms with Crippen LogP contribution in [0, 0.1) is 5.92 Å². The van der Waals surface area contributed by atoms with Crippen molar-refractivity contribution in [1.29, 1.82) is 0 Å². The van der Waals surface area contributed by atoms with Gasteiger partial charge in [-0.1, -0.05) is 49.3 Å². The summed E-state index contributed by atoms with van der Waals surface area (Å²) < 4.78 is 4.72. The summed E-state index contributed by atoms with van der Waals surface area (Å²) in [5, 5.41) is 7.36. The largest absolute Gasteiger partial charge is 0.343 e. The fourth-order valence-electron chi connectivity index (χ4n) is 2.04. The highest BCUT2D eigenvalue weighted by atomic mass is 16.5. The lowest BCUT2D eigenvalue weighted by Crippen LogP contribution is -2.27. The van der Waals surface area contributed by atoms with Crippen molar-refractivity contribution in [2.75, 3.05) is 6.54 Å². The Balaban J connectivity index is 1.91. The van der Waals surface area contributed by atoms with Gasteiger partial charge in [-0.25, -0.2) is 0 Å². The van der Waals surface area contributed by atoms with Gasteiger partial charge in [0.15, 0.2) is 5.82 Å². The Morgan fingerprint density at radius 1 is 1.22 bits per heavy atom. The van der Waals surface area contributed by atoms with Crippen molar-refractivity contribution in [3.05, 3.63) is 48.1 Å². The van der Waals surface area contributed by atoms with Crippen LogP contribution in [-0.4, -0.2) is 16.7 Å². The number of rotatable bonds is 6. The molecule has 0 aliphatic carbocycles. The molecule has 1 aromatic carbocycles. The van der Waals surface area contributed by atoms with Crippen LogP contribution in [0.3, 0.4) is 0 Å². The molecule has 0 radical (unpaired) electrons. The van der Waals surface area contributed by atoms with E-state index in [0.29, 0.717) is 12.0 Å². The number of hydrogen-bond acceptors (Lipinski definition) is 4. The Bertz CT molecular complexity index is 439. The van der Waals surface area contributed by atoms with Gasteiger partial charge in [0.25, 0.3) is 0 Å². The second-order valence-corrected chi connectivity index (χ2v) is 4.68. The molecule has 4 heteroatoms. The van der Waals surface area contributed by atoms with Crippen LogP contribution in [0.1, 0.15) is 31.3 Å². The van der Waals surface area contributed by atoms with E-state index < -0.39 is 0 Å². The van der Waals surface area contributed by atoms with Crippen LogP contribution in [0.25, 0.3) is 0 Å². The normalized spacial score (nSPS) is 12.8. The van der Waals surface area contributed by atoms with Crippen LogP contribution in [0.4, 0.5) is 0 Å². The number of benzene rings is 1. The lowest BCUT2D eigenvalue weighted by molar-refractivity contribution is 0.397. The smallest absolute Gasteiger partial charge is 0.213 e. The highest BCUT2D eigenvalue weighted by molar-refractivity contribution is 5.19. The van der Waals surface area contributed by atoms with Crippen molar-refractivity contribution in [2.45, 2.75) is 26.3 Å². The van der Waals surface area contributed by atoms with E-state index in [4.69, 9.17) is 4.52 Å². The first-order chi connectivity index (χ1) is 8.77. The summed E-state index contributed by atoms with van der Waals surface area (Å²) >= 11 is 0. The van der Waals surface area contributed by atoms with Crippen LogP contribution in [-0.2, 0) is 6.42 Å². The van der Waals surface area contributed by atoms with E-state index in [1.165, 1.54) is 12.0 Å². The van der Waals surface area contributed by atoms with Crippen molar-refractivity contribution in [1.82, 2.24) is 15.5 Å². The maximum Gasteiger partial charge on any atom is 0.213 e. The van der Waals surface area contributed by atoms with Gasteiger partial charge in [-0.2, -0.15) is 4.98 Å². The van der Waals surface area contributed by atoms with Gasteiger partial charge < -0.3 is 9.84 Å². The van der Waals surface area contributed by atoms with Crippen molar-refractivity contribution < 1.29 is 4.52 Å². The first-order valence-electron chi connectivity index (χ1n) is 6.31. The zero-order valence-electron chi connectivity index (χ0n) is 10.8. The Morgan fingerprint density at radius 3 is 2.61 bits per heavy atom. The summed E-state index contributed by atoms with van der Waals surface area (Å²) in [6.45, 7) is 5.29. The first-order valence-corrected chi connectivity index (χ1v) is 6.31. The summed E-state index contributed by atoms with van der Waals surface area (Å²) in [6.07, 6.45) is 2.15. The minimum atomic E-state index is 0.359. The minimum absolute atomic E-state index is 0.359. The molecular weight excluding hydrogens is 226 g/mol. The molecule has 96 valence electrons. The average molecular weight is 245 g/mol. The van der Waals surface area contributed by atoms with Crippen LogP contribution < -0.4 is 5.32 Å². The van der Waals surface area contributed by atoms with E-state index in [-0.39, 0.29) is 0 Å². The Hall–Kier alpha value is -1.68. The molecule has 0 saturated carbocycles. The van der Waals surface area contributed by atoms with E-state index in [0.717, 1.165) is 18.8 Å². The summed E-state index contributed by atoms with van der Waals surface area (Å²) in [5.41, 5.74) is 1.32. The van der Waals surface area contributed by atoms with Crippen LogP contribution in [0.2, 0.25) is 0 Å². The molecule has 4 nitrogen and oxygen atoms in total. The van der Waals surface area contributed by atoms with E-state index in [9.17, 15) is 0 Å². The molecular formula is C14H19N3O. The number of aromatic nitrogens is 2. The molecule has 0 fully saturated rings. The van der Waals surface area contributed by atoms with Crippen molar-refractivity contribution in [3.8, 4) is 0 Å². The van der Waals surface area contributed by atoms with Crippen LogP contribution in [0.15, 0.2) is 41.2 Å². The Kier molecular flexibility index (Phi) is 4.47. The summed E-state index contributed by atoms with van der Waals surface area (Å²) in [7, 11) is 0. The highest BCUT2D eigenvalue weighted by Gasteiger charge is 2.14. The molecule has 0 spiro atoms. The molecule has 0 amide bonds. The predicted molar refractivity (Wildman–Crippen MR) is 70.0 cm³/mol. The zero-order chi connectivity index (χ0) is 12.8. The third-order valence-corrected chi connectivity index (χ3v) is 2.95. The van der Waals surface area contributed by atoms with Crippen LogP contribution in [0.5, 0.6) is 0 Å². The van der Waals surface area contributed by atoms with E-state index in [1.807, 2.05) is 6.07 Å². The minimum Gasteiger partial charge on any atom is -0.343 e. The highest BCUT2D eigenvalue weighted by Crippen LogP contribution is 2.20. The number of hydrogen-bond donors (Lipinski definition) is 1. The van der Waals surface area contributed by atoms with Gasteiger partial charge in [-0.3, -0.25) is 0 Å². The SMILES string of the molecule is CC(C)C(NCCc1ncon1)c1ccccc1. The number of nitrogens with one attached hydrogen (secondary N) is 1. The lowest BCUT2D eigenvalue weighted by atomic mass is 9.96. The zero-order valence-corrected chi connectivity index (χ0v) is 10.8. The van der Waals surface area contributed by atoms with Gasteiger partial charge in [0.1, 0.15) is 0 Å². The summed E-state index contributed by atoms with van der Waals surface area (Å²) in [4.78, 5) is 4.01. The average Bonchev–Trinajstić information content (AvgIpc) is 2.88. The van der Waals surface area contributed by atoms with Gasteiger partial charge >= 0.3 is 0 Å². The predicted octanol–water partition coefficient (Wildman–Crippen LogP) is 2.60. The standard InChI is InChI=1S/C14H19N3O/c1-11(2)14(12-6-4-3-5-7-12)15-9-8-13-16-10-18-17-13/h3-7,10-11,14-15H,8-9H2,1-2H3. The number of nitrogens with zero attached hydrogens (tertiary/aromatic N) is 2. The lowest BCUT2D eigenvalue weighted by Gasteiger charge is -2.22. The molecule has 2 aromatic rings. The molecule has 1 atom stereocenters. The van der Waals surface area contributed by atoms with Gasteiger partial charge in [0, 0.05) is 19.0 Å². The fourth-order valence-corrected chi connectivity index (χ4v) is 2.04. The molecule has 18 heavy (non-hydrogen) atoms. The second kappa shape index (κ2) is 6.31. The molecule has 1 N–H and O–H groups in total. The van der Waals surface area contributed by atoms with Crippen molar-refractivity contribution >= 4 is 0 Å². The third-order valence-electron chi connectivity index (χ3n) is 2.95. The Labute approximate surface area is 107 Å². The Morgan fingerprint density at radius 2 is 2.00 bits per heavy atom. The molecule has 2 rings (SSSR count). The first kappa shape index (κ1) is 12.8. The fraction of sp³-hybridized carbons (Fsp3) is 0.429. The summed E-state index contributed by atoms with van der Waals surface area (Å²) in [5.74, 6) is 1.29. The second-order valence-electron chi connectivity index (χ2n) is 4.68. The maximum atomic E-state index is 4.72. The van der Waals surface area contributed by atoms with E-state index in [2.05, 4.69) is 53.6 Å². The van der Waals surface area contributed by atoms with Gasteiger partial charge in [-0.05, 0) is 11.5 Å². The van der Waals surface area contributed by atoms with E-state index >= 15 is 0 Å². The van der Waals surface area contributed by atoms with Gasteiger partial charge in [0.05, 0.1) is 0 Å². The van der Waals surface area contributed by atoms with Gasteiger partial charge in [-0.15, -0.1) is 0 Å². The maximum absolute atomic E-state index is 4.72. The molecule has 0 saturated heterocycles. The van der Waals surface area contributed by atoms with Crippen molar-refractivity contribution in [3.63, 3.8) is 0 Å². The molecule has 0 aliphatic heterocycles. The molecule has 0 aliphatic rings. The van der Waals surface area contributed by atoms with Crippen LogP contribution >= 0.6 is 0 Å². The van der Waals surface area contributed by atoms with Crippen molar-refractivity contribution in [2.24, 2.45) is 5.92 Å². The molecule has 1 unspecified atom stereocenters. The van der Waals surface area contributed by atoms with E-state index in [1.54, 1.807) is 0 Å². The molecule has 0 bridgehead atoms. The quantitative estimate of drug-likeness (QED) is 0.850. The molecule has 1 heterocycles.